The molecule has 0 aromatic rings. The number of hydrogen-bond donors (Lipinski definition) is 1. The van der Waals surface area contributed by atoms with E-state index >= 15 is 0 Å². The van der Waals surface area contributed by atoms with Gasteiger partial charge in [0.1, 0.15) is 0 Å². The van der Waals surface area contributed by atoms with E-state index in [0.717, 1.165) is 0 Å². The van der Waals surface area contributed by atoms with Crippen molar-refractivity contribution in [2.24, 2.45) is 0 Å². The Hall–Kier alpha value is 1.78. The normalized spacial score (nSPS) is 9.60. The summed E-state index contributed by atoms with van der Waals surface area (Å²) in [7, 11) is -15.5. The van der Waals surface area contributed by atoms with Crippen LogP contribution in [0.15, 0.2) is 0 Å². The topological polar surface area (TPSA) is 261 Å². The number of hydrogen-bond acceptors (Lipinski definition) is 13. The Balaban J connectivity index is -0.0000000321. The zero-order chi connectivity index (χ0) is 16.2. The molecule has 0 saturated carbocycles. The van der Waals surface area contributed by atoms with E-state index in [1.807, 2.05) is 0 Å². The molecule has 0 unspecified atom stereocenters. The fraction of sp³-hybridized carbons (Fsp3) is 1.00. The molecule has 13 nitrogen and oxygen atoms in total. The van der Waals surface area contributed by atoms with Crippen LogP contribution in [0.5, 0.6) is 0 Å². The summed E-state index contributed by atoms with van der Waals surface area (Å²) in [5.74, 6) is 0. The van der Waals surface area contributed by atoms with E-state index in [2.05, 4.69) is 0 Å². The smallest absolute Gasteiger partial charge is 0.759 e. The largest absolute Gasteiger partial charge is 3.00 e. The molecule has 0 spiro atoms. The first kappa shape index (κ1) is 37.8. The molecule has 0 aliphatic carbocycles. The van der Waals surface area contributed by atoms with Crippen molar-refractivity contribution < 1.29 is 123 Å². The van der Waals surface area contributed by atoms with Crippen molar-refractivity contribution in [3.05, 3.63) is 0 Å². The fourth-order valence-corrected chi connectivity index (χ4v) is 0. The van der Waals surface area contributed by atoms with Gasteiger partial charge in [-0.25, -0.2) is 0 Å². The van der Waals surface area contributed by atoms with Gasteiger partial charge in [-0.05, 0) is 6.92 Å². The van der Waals surface area contributed by atoms with Crippen LogP contribution < -0.4 is 0 Å². The molecular formula is C2H6O13S3Y2. The van der Waals surface area contributed by atoms with Crippen molar-refractivity contribution in [2.75, 3.05) is 6.61 Å². The summed E-state index contributed by atoms with van der Waals surface area (Å²) in [6.07, 6.45) is 0. The standard InChI is InChI=1S/C2H6O.3H2O4S.2Y/c1-2-3;3*1-5(2,3)4;;/h3H,2H2,1H3;3*(H2,1,2,3,4);;/q;;;;2*+3/p-6. The van der Waals surface area contributed by atoms with Crippen molar-refractivity contribution in [2.45, 2.75) is 6.92 Å². The SMILES string of the molecule is CCO.O=S(=O)([O-])[O-].O=S(=O)([O-])[O-].O=S(=O)([O-])[O-].[Y+3].[Y+3]. The third-order valence-corrected chi connectivity index (χ3v) is 0. The second-order valence-corrected chi connectivity index (χ2v) is 3.99. The van der Waals surface area contributed by atoms with Crippen LogP contribution in [0, 0.1) is 0 Å². The van der Waals surface area contributed by atoms with E-state index in [1.165, 1.54) is 0 Å². The molecule has 0 heterocycles. The summed E-state index contributed by atoms with van der Waals surface area (Å²) in [6, 6.07) is 0. The summed E-state index contributed by atoms with van der Waals surface area (Å²) in [5, 5.41) is 7.57. The third kappa shape index (κ3) is 2210. The van der Waals surface area contributed by atoms with Crippen molar-refractivity contribution in [3.8, 4) is 0 Å². The van der Waals surface area contributed by atoms with Crippen LogP contribution in [-0.2, 0) is 96.6 Å². The second-order valence-electron chi connectivity index (χ2n) is 1.54. The van der Waals surface area contributed by atoms with Gasteiger partial charge in [0.05, 0.1) is 0 Å². The van der Waals surface area contributed by atoms with Crippen molar-refractivity contribution in [1.29, 1.82) is 0 Å². The van der Waals surface area contributed by atoms with Gasteiger partial charge >= 0.3 is 65.4 Å². The van der Waals surface area contributed by atoms with Crippen molar-refractivity contribution in [3.63, 3.8) is 0 Å². The molecule has 116 valence electrons. The van der Waals surface area contributed by atoms with Crippen molar-refractivity contribution >= 4 is 31.2 Å². The first-order valence-corrected chi connectivity index (χ1v) is 7.02. The summed E-state index contributed by atoms with van der Waals surface area (Å²) >= 11 is 0. The van der Waals surface area contributed by atoms with Gasteiger partial charge in [-0.3, -0.25) is 25.3 Å². The molecule has 0 radical (unpaired) electrons. The van der Waals surface area contributed by atoms with E-state index in [1.54, 1.807) is 6.92 Å². The maximum atomic E-state index is 8.52. The minimum absolute atomic E-state index is 0. The molecule has 20 heavy (non-hydrogen) atoms. The molecule has 0 rings (SSSR count). The number of rotatable bonds is 0. The first-order valence-electron chi connectivity index (χ1n) is 3.02. The minimum atomic E-state index is -5.17. The van der Waals surface area contributed by atoms with Crippen LogP contribution in [0.3, 0.4) is 0 Å². The van der Waals surface area contributed by atoms with Crippen LogP contribution in [0.1, 0.15) is 6.92 Å². The summed E-state index contributed by atoms with van der Waals surface area (Å²) in [6.45, 7) is 1.93. The molecule has 0 saturated heterocycles. The van der Waals surface area contributed by atoms with E-state index < -0.39 is 31.2 Å². The molecule has 0 fully saturated rings. The summed E-state index contributed by atoms with van der Waals surface area (Å²) in [4.78, 5) is 0. The van der Waals surface area contributed by atoms with Gasteiger partial charge in [-0.15, -0.1) is 0 Å². The molecule has 0 aliphatic rings. The average Bonchev–Trinajstić information content (AvgIpc) is 1.71. The Bertz CT molecular complexity index is 364. The Morgan fingerprint density at radius 2 is 0.650 bits per heavy atom. The van der Waals surface area contributed by atoms with Gasteiger partial charge < -0.3 is 32.4 Å². The maximum absolute atomic E-state index is 8.52. The second kappa shape index (κ2) is 18.8. The molecule has 0 aromatic heterocycles. The zero-order valence-electron chi connectivity index (χ0n) is 9.43. The molecule has 0 amide bonds. The van der Waals surface area contributed by atoms with Crippen LogP contribution in [0.25, 0.3) is 0 Å². The van der Waals surface area contributed by atoms with E-state index in [4.69, 9.17) is 57.7 Å². The van der Waals surface area contributed by atoms with Gasteiger partial charge in [-0.1, -0.05) is 0 Å². The summed E-state index contributed by atoms with van der Waals surface area (Å²) in [5.41, 5.74) is 0. The minimum Gasteiger partial charge on any atom is -0.759 e. The molecule has 1 N–H and O–H groups in total. The molecule has 18 heteroatoms. The zero-order valence-corrected chi connectivity index (χ0v) is 17.6. The molecule has 0 aromatic carbocycles. The van der Waals surface area contributed by atoms with E-state index in [-0.39, 0.29) is 72.0 Å². The van der Waals surface area contributed by atoms with Gasteiger partial charge in [0.2, 0.25) is 0 Å². The Kier molecular flexibility index (Phi) is 35.6. The Morgan fingerprint density at radius 3 is 0.650 bits per heavy atom. The number of aliphatic hydroxyl groups excluding tert-OH is 1. The van der Waals surface area contributed by atoms with Gasteiger partial charge in [0.15, 0.2) is 0 Å². The molecule has 0 atom stereocenters. The molecular weight excluding hydrogens is 506 g/mol. The monoisotopic (exact) mass is 512 g/mol. The van der Waals surface area contributed by atoms with Gasteiger partial charge in [0.25, 0.3) is 0 Å². The first-order chi connectivity index (χ1) is 7.41. The fourth-order valence-electron chi connectivity index (χ4n) is 0. The van der Waals surface area contributed by atoms with Crippen LogP contribution in [-0.4, -0.2) is 64.3 Å². The van der Waals surface area contributed by atoms with Crippen molar-refractivity contribution in [1.82, 2.24) is 0 Å². The van der Waals surface area contributed by atoms with E-state index in [9.17, 15) is 0 Å². The van der Waals surface area contributed by atoms with Crippen LogP contribution in [0.2, 0.25) is 0 Å². The Labute approximate surface area is 166 Å². The molecule has 0 bridgehead atoms. The van der Waals surface area contributed by atoms with Gasteiger partial charge in [0, 0.05) is 37.8 Å². The molecule has 0 aliphatic heterocycles. The van der Waals surface area contributed by atoms with E-state index in [0.29, 0.717) is 0 Å². The predicted molar refractivity (Wildman–Crippen MR) is 44.2 cm³/mol. The van der Waals surface area contributed by atoms with Crippen LogP contribution >= 0.6 is 0 Å². The Morgan fingerprint density at radius 1 is 0.650 bits per heavy atom. The summed E-state index contributed by atoms with van der Waals surface area (Å²) < 4.78 is 102. The predicted octanol–water partition coefficient (Wildman–Crippen LogP) is -4.02. The number of aliphatic hydroxyl groups is 1. The quantitative estimate of drug-likeness (QED) is 0.240. The van der Waals surface area contributed by atoms with Crippen LogP contribution in [0.4, 0.5) is 0 Å². The average molecular weight is 512 g/mol. The van der Waals surface area contributed by atoms with Gasteiger partial charge in [-0.2, -0.15) is 0 Å². The third-order valence-electron chi connectivity index (χ3n) is 0. The maximum Gasteiger partial charge on any atom is 3.00 e.